The zero-order valence-electron chi connectivity index (χ0n) is 24.0. The predicted octanol–water partition coefficient (Wildman–Crippen LogP) is 4.89. The summed E-state index contributed by atoms with van der Waals surface area (Å²) in [4.78, 5) is 23.5. The second kappa shape index (κ2) is 18.2. The molecule has 1 aliphatic heterocycles. The van der Waals surface area contributed by atoms with Gasteiger partial charge < -0.3 is 29.9 Å². The van der Waals surface area contributed by atoms with Gasteiger partial charge in [-0.25, -0.2) is 4.39 Å². The van der Waals surface area contributed by atoms with Crippen molar-refractivity contribution in [1.29, 1.82) is 0 Å². The SMILES string of the molecule is CCCCCCCC/C=C\CCCCCCCC(=O)[C@@]1(Oc2ccc([N+](=O)[O-])cc2F)O[C@H](CO)[C@@H](O)[C@H](O)[C@H]1O. The molecule has 11 heteroatoms. The monoisotopic (exact) mass is 583 g/mol. The minimum Gasteiger partial charge on any atom is -0.449 e. The van der Waals surface area contributed by atoms with Crippen LogP contribution >= 0.6 is 0 Å². The minimum atomic E-state index is -2.64. The van der Waals surface area contributed by atoms with E-state index in [2.05, 4.69) is 19.1 Å². The molecule has 1 fully saturated rings. The van der Waals surface area contributed by atoms with Crippen molar-refractivity contribution < 1.29 is 44.0 Å². The molecule has 0 aliphatic carbocycles. The number of halogens is 1. The molecule has 0 amide bonds. The van der Waals surface area contributed by atoms with E-state index >= 15 is 0 Å². The molecule has 0 saturated carbocycles. The van der Waals surface area contributed by atoms with Gasteiger partial charge in [-0.2, -0.15) is 0 Å². The van der Waals surface area contributed by atoms with Crippen molar-refractivity contribution in [3.63, 3.8) is 0 Å². The fraction of sp³-hybridized carbons (Fsp3) is 0.700. The van der Waals surface area contributed by atoms with Gasteiger partial charge in [-0.05, 0) is 38.2 Å². The van der Waals surface area contributed by atoms with Crippen LogP contribution in [0.15, 0.2) is 30.4 Å². The van der Waals surface area contributed by atoms with Crippen molar-refractivity contribution in [3.8, 4) is 5.75 Å². The number of non-ortho nitro benzene ring substituents is 1. The number of nitro groups is 1. The topological polar surface area (TPSA) is 160 Å². The summed E-state index contributed by atoms with van der Waals surface area (Å²) in [7, 11) is 0. The van der Waals surface area contributed by atoms with Crippen LogP contribution in [0.5, 0.6) is 5.75 Å². The number of unbranched alkanes of at least 4 members (excludes halogenated alkanes) is 11. The Balaban J connectivity index is 1.89. The minimum absolute atomic E-state index is 0.148. The third-order valence-corrected chi connectivity index (χ3v) is 7.39. The smallest absolute Gasteiger partial charge is 0.300 e. The number of nitro benzene ring substituents is 1. The van der Waals surface area contributed by atoms with Crippen LogP contribution in [0, 0.1) is 15.9 Å². The number of nitrogens with zero attached hydrogens (tertiary/aromatic N) is 1. The largest absolute Gasteiger partial charge is 0.449 e. The number of aliphatic hydroxyl groups excluding tert-OH is 4. The fourth-order valence-corrected chi connectivity index (χ4v) is 4.89. The van der Waals surface area contributed by atoms with Gasteiger partial charge in [0.1, 0.15) is 18.3 Å². The van der Waals surface area contributed by atoms with Gasteiger partial charge in [0.2, 0.25) is 5.78 Å². The first kappa shape index (κ1) is 34.8. The molecule has 41 heavy (non-hydrogen) atoms. The van der Waals surface area contributed by atoms with Crippen LogP contribution in [0.4, 0.5) is 10.1 Å². The van der Waals surface area contributed by atoms with Crippen molar-refractivity contribution in [2.45, 2.75) is 127 Å². The van der Waals surface area contributed by atoms with E-state index in [-0.39, 0.29) is 6.42 Å². The molecule has 0 unspecified atom stereocenters. The molecule has 4 N–H and O–H groups in total. The third-order valence-electron chi connectivity index (χ3n) is 7.39. The van der Waals surface area contributed by atoms with Crippen LogP contribution in [0.2, 0.25) is 0 Å². The van der Waals surface area contributed by atoms with Crippen molar-refractivity contribution in [3.05, 3.63) is 46.3 Å². The van der Waals surface area contributed by atoms with Crippen LogP contribution in [0.3, 0.4) is 0 Å². The van der Waals surface area contributed by atoms with Crippen molar-refractivity contribution in [2.24, 2.45) is 0 Å². The van der Waals surface area contributed by atoms with E-state index in [1.807, 2.05) is 0 Å². The second-order valence-corrected chi connectivity index (χ2v) is 10.7. The van der Waals surface area contributed by atoms with Gasteiger partial charge in [0.15, 0.2) is 17.7 Å². The zero-order chi connectivity index (χ0) is 30.3. The maximum Gasteiger partial charge on any atom is 0.300 e. The summed E-state index contributed by atoms with van der Waals surface area (Å²) < 4.78 is 25.6. The van der Waals surface area contributed by atoms with Gasteiger partial charge in [0.25, 0.3) is 11.5 Å². The Labute approximate surface area is 241 Å². The van der Waals surface area contributed by atoms with Crippen molar-refractivity contribution in [1.82, 2.24) is 0 Å². The summed E-state index contributed by atoms with van der Waals surface area (Å²) in [6.45, 7) is 1.40. The Morgan fingerprint density at radius 2 is 1.59 bits per heavy atom. The van der Waals surface area contributed by atoms with E-state index in [1.54, 1.807) is 0 Å². The first-order valence-electron chi connectivity index (χ1n) is 14.8. The highest BCUT2D eigenvalue weighted by molar-refractivity contribution is 5.87. The van der Waals surface area contributed by atoms with Gasteiger partial charge in [0.05, 0.1) is 17.6 Å². The standard InChI is InChI=1S/C30H46FNO9/c1-2-3-4-5-6-7-8-9-10-11-12-13-14-15-16-17-26(34)30(29(37)28(36)27(35)25(21-33)41-30)40-24-19-18-22(32(38)39)20-23(24)31/h9-10,18-20,25,27-29,33,35-37H,2-8,11-17,21H2,1H3/b10-9-/t25-,27-,28+,29-,30-/m1/s1. The molecule has 10 nitrogen and oxygen atoms in total. The van der Waals surface area contributed by atoms with E-state index < -0.39 is 64.8 Å². The number of allylic oxidation sites excluding steroid dienone is 2. The lowest BCUT2D eigenvalue weighted by Crippen LogP contribution is -2.70. The molecule has 5 atom stereocenters. The Morgan fingerprint density at radius 1 is 1.00 bits per heavy atom. The number of benzene rings is 1. The highest BCUT2D eigenvalue weighted by Gasteiger charge is 2.59. The molecular weight excluding hydrogens is 537 g/mol. The molecule has 1 aromatic carbocycles. The van der Waals surface area contributed by atoms with Gasteiger partial charge >= 0.3 is 0 Å². The lowest BCUT2D eigenvalue weighted by atomic mass is 9.88. The second-order valence-electron chi connectivity index (χ2n) is 10.7. The molecule has 232 valence electrons. The molecule has 0 spiro atoms. The maximum absolute atomic E-state index is 14.6. The summed E-state index contributed by atoms with van der Waals surface area (Å²) in [5.74, 6) is -5.27. The van der Waals surface area contributed by atoms with Crippen molar-refractivity contribution >= 4 is 11.5 Å². The highest BCUT2D eigenvalue weighted by Crippen LogP contribution is 2.36. The number of rotatable bonds is 20. The summed E-state index contributed by atoms with van der Waals surface area (Å²) in [5, 5.41) is 51.9. The number of hydrogen-bond acceptors (Lipinski definition) is 9. The molecule has 0 radical (unpaired) electrons. The Hall–Kier alpha value is -2.44. The van der Waals surface area contributed by atoms with E-state index in [4.69, 9.17) is 9.47 Å². The number of ether oxygens (including phenoxy) is 2. The molecule has 1 saturated heterocycles. The van der Waals surface area contributed by atoms with Crippen LogP contribution in [0.1, 0.15) is 96.8 Å². The summed E-state index contributed by atoms with van der Waals surface area (Å²) in [6, 6.07) is 2.44. The summed E-state index contributed by atoms with van der Waals surface area (Å²) in [6.07, 6.45) is 10.8. The Morgan fingerprint density at radius 3 is 2.15 bits per heavy atom. The maximum atomic E-state index is 14.6. The quantitative estimate of drug-likeness (QED) is 0.0725. The molecule has 0 aromatic heterocycles. The van der Waals surface area contributed by atoms with E-state index in [0.29, 0.717) is 18.9 Å². The Kier molecular flexibility index (Phi) is 15.4. The number of carbonyl (C=O) groups is 1. The van der Waals surface area contributed by atoms with Gasteiger partial charge in [-0.1, -0.05) is 70.4 Å². The zero-order valence-corrected chi connectivity index (χ0v) is 24.0. The van der Waals surface area contributed by atoms with Gasteiger partial charge in [-0.15, -0.1) is 0 Å². The molecule has 1 aliphatic rings. The third kappa shape index (κ3) is 10.4. The lowest BCUT2D eigenvalue weighted by Gasteiger charge is -2.46. The molecule has 1 aromatic rings. The van der Waals surface area contributed by atoms with Crippen LogP contribution in [-0.4, -0.2) is 67.9 Å². The van der Waals surface area contributed by atoms with Crippen LogP contribution < -0.4 is 4.74 Å². The Bertz CT molecular complexity index is 973. The van der Waals surface area contributed by atoms with Crippen LogP contribution in [-0.2, 0) is 9.53 Å². The number of ketones is 1. The van der Waals surface area contributed by atoms with E-state index in [9.17, 15) is 39.7 Å². The molecule has 0 bridgehead atoms. The molecule has 2 rings (SSSR count). The molecular formula is C30H46FNO9. The molecule has 1 heterocycles. The average Bonchev–Trinajstić information content (AvgIpc) is 2.96. The van der Waals surface area contributed by atoms with E-state index in [1.165, 1.54) is 38.5 Å². The van der Waals surface area contributed by atoms with Gasteiger partial charge in [-0.3, -0.25) is 14.9 Å². The number of Topliss-reactive ketones (excluding diaryl/α,β-unsaturated/α-hetero) is 1. The van der Waals surface area contributed by atoms with E-state index in [0.717, 1.165) is 44.2 Å². The lowest BCUT2D eigenvalue weighted by molar-refractivity contribution is -0.385. The summed E-state index contributed by atoms with van der Waals surface area (Å²) in [5.41, 5.74) is -0.558. The number of aliphatic hydroxyl groups is 4. The normalized spacial score (nSPS) is 24.5. The van der Waals surface area contributed by atoms with Gasteiger partial charge in [0, 0.05) is 12.5 Å². The fourth-order valence-electron chi connectivity index (χ4n) is 4.89. The number of hydrogen-bond donors (Lipinski definition) is 4. The predicted molar refractivity (Wildman–Crippen MR) is 151 cm³/mol. The summed E-state index contributed by atoms with van der Waals surface area (Å²) >= 11 is 0. The number of carbonyl (C=O) groups excluding carboxylic acids is 1. The first-order chi connectivity index (χ1) is 19.7. The van der Waals surface area contributed by atoms with Crippen molar-refractivity contribution in [2.75, 3.05) is 6.61 Å². The van der Waals surface area contributed by atoms with Crippen LogP contribution in [0.25, 0.3) is 0 Å². The average molecular weight is 584 g/mol. The highest BCUT2D eigenvalue weighted by atomic mass is 19.1. The first-order valence-corrected chi connectivity index (χ1v) is 14.8.